The Kier molecular flexibility index (Phi) is 4.25. The number of fused-ring (bicyclic) bond motifs is 7. The Morgan fingerprint density at radius 3 is 2.30 bits per heavy atom. The molecule has 0 fully saturated rings. The van der Waals surface area contributed by atoms with Gasteiger partial charge in [0.2, 0.25) is 10.0 Å². The van der Waals surface area contributed by atoms with Crippen molar-refractivity contribution in [3.63, 3.8) is 0 Å². The lowest BCUT2D eigenvalue weighted by Gasteiger charge is -2.11. The molecule has 0 aliphatic heterocycles. The molecule has 0 spiro atoms. The molecule has 0 unspecified atom stereocenters. The van der Waals surface area contributed by atoms with Gasteiger partial charge < -0.3 is 9.97 Å². The van der Waals surface area contributed by atoms with E-state index in [0.717, 1.165) is 32.8 Å². The zero-order valence-electron chi connectivity index (χ0n) is 17.6. The highest BCUT2D eigenvalue weighted by Crippen LogP contribution is 2.39. The SMILES string of the molecule is CN(C)S(=O)(=O)c1ccc2[nH]c(Cl)c(-c3nc4c5cccnc5c5ncccc5c4[nH]3)c2c1. The average Bonchev–Trinajstić information content (AvgIpc) is 3.39. The number of nitrogens with one attached hydrogen (secondary N) is 2. The molecule has 4 aromatic heterocycles. The van der Waals surface area contributed by atoms with Gasteiger partial charge in [0.15, 0.2) is 0 Å². The molecule has 6 aromatic rings. The Hall–Kier alpha value is -3.53. The summed E-state index contributed by atoms with van der Waals surface area (Å²) in [4.78, 5) is 20.7. The summed E-state index contributed by atoms with van der Waals surface area (Å²) in [6.45, 7) is 0. The van der Waals surface area contributed by atoms with E-state index in [0.29, 0.717) is 27.4 Å². The van der Waals surface area contributed by atoms with Crippen LogP contribution in [0, 0.1) is 0 Å². The van der Waals surface area contributed by atoms with Crippen molar-refractivity contribution < 1.29 is 8.42 Å². The smallest absolute Gasteiger partial charge is 0.242 e. The van der Waals surface area contributed by atoms with Gasteiger partial charge in [0.1, 0.15) is 11.0 Å². The van der Waals surface area contributed by atoms with Crippen molar-refractivity contribution in [2.45, 2.75) is 4.90 Å². The molecule has 4 heterocycles. The molecule has 10 heteroatoms. The monoisotopic (exact) mass is 476 g/mol. The highest BCUT2D eigenvalue weighted by Gasteiger charge is 2.22. The maximum Gasteiger partial charge on any atom is 0.242 e. The van der Waals surface area contributed by atoms with E-state index in [1.807, 2.05) is 24.3 Å². The largest absolute Gasteiger partial charge is 0.345 e. The fourth-order valence-corrected chi connectivity index (χ4v) is 5.42. The van der Waals surface area contributed by atoms with E-state index < -0.39 is 10.0 Å². The van der Waals surface area contributed by atoms with Crippen LogP contribution in [0.1, 0.15) is 0 Å². The van der Waals surface area contributed by atoms with Gasteiger partial charge in [-0.25, -0.2) is 17.7 Å². The van der Waals surface area contributed by atoms with Crippen molar-refractivity contribution in [3.8, 4) is 11.4 Å². The summed E-state index contributed by atoms with van der Waals surface area (Å²) in [7, 11) is -0.607. The summed E-state index contributed by atoms with van der Waals surface area (Å²) in [5, 5.41) is 2.79. The van der Waals surface area contributed by atoms with Crippen LogP contribution in [0.25, 0.3) is 55.1 Å². The van der Waals surface area contributed by atoms with E-state index in [4.69, 9.17) is 16.6 Å². The third-order valence-electron chi connectivity index (χ3n) is 5.81. The number of imidazole rings is 1. The van der Waals surface area contributed by atoms with Crippen LogP contribution >= 0.6 is 11.6 Å². The van der Waals surface area contributed by atoms with Crippen LogP contribution in [-0.4, -0.2) is 51.7 Å². The van der Waals surface area contributed by atoms with Gasteiger partial charge in [0, 0.05) is 48.2 Å². The number of nitrogens with zero attached hydrogens (tertiary/aromatic N) is 4. The van der Waals surface area contributed by atoms with Crippen LogP contribution in [0.3, 0.4) is 0 Å². The molecule has 2 aromatic carbocycles. The molecular formula is C23H17ClN6O2S. The second-order valence-electron chi connectivity index (χ2n) is 7.92. The lowest BCUT2D eigenvalue weighted by atomic mass is 10.1. The molecule has 0 saturated carbocycles. The van der Waals surface area contributed by atoms with Gasteiger partial charge in [-0.15, -0.1) is 0 Å². The van der Waals surface area contributed by atoms with Crippen molar-refractivity contribution in [1.82, 2.24) is 29.2 Å². The predicted octanol–water partition coefficient (Wildman–Crippen LogP) is 4.71. The normalized spacial score (nSPS) is 12.6. The number of benzene rings is 2. The van der Waals surface area contributed by atoms with Crippen molar-refractivity contribution in [2.24, 2.45) is 0 Å². The lowest BCUT2D eigenvalue weighted by Crippen LogP contribution is -2.22. The van der Waals surface area contributed by atoms with Crippen LogP contribution < -0.4 is 0 Å². The Bertz CT molecular complexity index is 1770. The van der Waals surface area contributed by atoms with E-state index in [1.54, 1.807) is 30.6 Å². The first kappa shape index (κ1) is 20.1. The van der Waals surface area contributed by atoms with Gasteiger partial charge in [0.25, 0.3) is 0 Å². The maximum absolute atomic E-state index is 12.7. The quantitative estimate of drug-likeness (QED) is 0.359. The average molecular weight is 477 g/mol. The van der Waals surface area contributed by atoms with E-state index in [-0.39, 0.29) is 4.90 Å². The molecule has 0 bridgehead atoms. The molecule has 0 saturated heterocycles. The first-order valence-corrected chi connectivity index (χ1v) is 11.9. The van der Waals surface area contributed by atoms with Gasteiger partial charge in [-0.3, -0.25) is 9.97 Å². The van der Waals surface area contributed by atoms with Gasteiger partial charge in [-0.1, -0.05) is 11.6 Å². The number of hydrogen-bond donors (Lipinski definition) is 2. The number of aromatic amines is 2. The second kappa shape index (κ2) is 6.98. The number of hydrogen-bond acceptors (Lipinski definition) is 5. The molecule has 0 atom stereocenters. The number of rotatable bonds is 3. The molecule has 164 valence electrons. The minimum Gasteiger partial charge on any atom is -0.345 e. The Balaban J connectivity index is 1.69. The molecule has 0 amide bonds. The number of H-pyrrole nitrogens is 2. The first-order valence-electron chi connectivity index (χ1n) is 10.1. The van der Waals surface area contributed by atoms with E-state index >= 15 is 0 Å². The Morgan fingerprint density at radius 1 is 0.879 bits per heavy atom. The molecule has 0 aliphatic carbocycles. The minimum atomic E-state index is -3.61. The number of sulfonamides is 1. The van der Waals surface area contributed by atoms with Crippen LogP contribution in [0.15, 0.2) is 59.8 Å². The summed E-state index contributed by atoms with van der Waals surface area (Å²) in [5.41, 5.74) is 4.43. The Labute approximate surface area is 193 Å². The van der Waals surface area contributed by atoms with E-state index in [2.05, 4.69) is 19.9 Å². The van der Waals surface area contributed by atoms with Crippen molar-refractivity contribution >= 4 is 65.4 Å². The molecule has 6 rings (SSSR count). The summed E-state index contributed by atoms with van der Waals surface area (Å²) in [6.07, 6.45) is 3.47. The maximum atomic E-state index is 12.7. The minimum absolute atomic E-state index is 0.178. The molecule has 0 radical (unpaired) electrons. The van der Waals surface area contributed by atoms with Gasteiger partial charge in [-0.2, -0.15) is 0 Å². The molecule has 0 aliphatic rings. The van der Waals surface area contributed by atoms with Crippen molar-refractivity contribution in [2.75, 3.05) is 14.1 Å². The van der Waals surface area contributed by atoms with Crippen LogP contribution in [0.4, 0.5) is 0 Å². The number of pyridine rings is 2. The van der Waals surface area contributed by atoms with Crippen LogP contribution in [-0.2, 0) is 10.0 Å². The van der Waals surface area contributed by atoms with Crippen molar-refractivity contribution in [1.29, 1.82) is 0 Å². The molecule has 2 N–H and O–H groups in total. The van der Waals surface area contributed by atoms with Gasteiger partial charge >= 0.3 is 0 Å². The predicted molar refractivity (Wildman–Crippen MR) is 130 cm³/mol. The van der Waals surface area contributed by atoms with E-state index in [1.165, 1.54) is 18.4 Å². The third-order valence-corrected chi connectivity index (χ3v) is 7.90. The molecule has 33 heavy (non-hydrogen) atoms. The van der Waals surface area contributed by atoms with Gasteiger partial charge in [0.05, 0.1) is 32.5 Å². The topological polar surface area (TPSA) is 108 Å². The summed E-state index contributed by atoms with van der Waals surface area (Å²) < 4.78 is 26.6. The zero-order valence-corrected chi connectivity index (χ0v) is 19.2. The highest BCUT2D eigenvalue weighted by molar-refractivity contribution is 7.89. The summed E-state index contributed by atoms with van der Waals surface area (Å²) in [5.74, 6) is 0.530. The fraction of sp³-hybridized carbons (Fsp3) is 0.0870. The summed E-state index contributed by atoms with van der Waals surface area (Å²) >= 11 is 6.60. The lowest BCUT2D eigenvalue weighted by molar-refractivity contribution is 0.521. The first-order chi connectivity index (χ1) is 15.9. The van der Waals surface area contributed by atoms with Gasteiger partial charge in [-0.05, 0) is 42.5 Å². The number of aromatic nitrogens is 5. The highest BCUT2D eigenvalue weighted by atomic mass is 35.5. The Morgan fingerprint density at radius 2 is 1.58 bits per heavy atom. The molecular weight excluding hydrogens is 460 g/mol. The van der Waals surface area contributed by atoms with Crippen molar-refractivity contribution in [3.05, 3.63) is 60.0 Å². The van der Waals surface area contributed by atoms with E-state index in [9.17, 15) is 8.42 Å². The standard InChI is InChI=1S/C23H17ClN6O2S/c1-30(2)33(31,32)12-7-8-16-15(11-12)17(22(24)27-16)23-28-20-13-5-3-9-25-18(13)19-14(21(20)29-23)6-4-10-26-19/h3-11,27H,1-2H3,(H,28,29). The fourth-order valence-electron chi connectivity index (χ4n) is 4.20. The second-order valence-corrected chi connectivity index (χ2v) is 10.4. The third kappa shape index (κ3) is 2.86. The summed E-state index contributed by atoms with van der Waals surface area (Å²) in [6, 6.07) is 12.6. The molecule has 8 nitrogen and oxygen atoms in total. The number of halogens is 1. The zero-order chi connectivity index (χ0) is 22.9. The van der Waals surface area contributed by atoms with Crippen LogP contribution in [0.2, 0.25) is 5.15 Å². The van der Waals surface area contributed by atoms with Crippen LogP contribution in [0.5, 0.6) is 0 Å².